The molecule has 5 nitrogen and oxygen atoms in total. The van der Waals surface area contributed by atoms with Crippen LogP contribution in [-0.2, 0) is 0 Å². The SMILES string of the molecule is COc1ccc(C(=O)N2CC([C@@H](C)Oc3ccc(Cl)cc3)[C@H](c3ccc(Cl)c(Cl)c3)C2)cn1. The first-order valence-electron chi connectivity index (χ1n) is 10.5. The van der Waals surface area contributed by atoms with Crippen LogP contribution >= 0.6 is 34.8 Å². The van der Waals surface area contributed by atoms with E-state index in [1.54, 1.807) is 37.4 Å². The number of hydrogen-bond donors (Lipinski definition) is 0. The average Bonchev–Trinajstić information content (AvgIpc) is 3.27. The summed E-state index contributed by atoms with van der Waals surface area (Å²) in [5.74, 6) is 1.16. The first-order valence-corrected chi connectivity index (χ1v) is 11.7. The summed E-state index contributed by atoms with van der Waals surface area (Å²) in [6.45, 7) is 3.08. The molecule has 4 rings (SSSR count). The van der Waals surface area contributed by atoms with Crippen molar-refractivity contribution in [2.24, 2.45) is 5.92 Å². The third kappa shape index (κ3) is 5.37. The van der Waals surface area contributed by atoms with E-state index in [-0.39, 0.29) is 23.8 Å². The molecular formula is C25H23Cl3N2O3. The van der Waals surface area contributed by atoms with E-state index in [4.69, 9.17) is 44.3 Å². The summed E-state index contributed by atoms with van der Waals surface area (Å²) in [5, 5.41) is 1.63. The highest BCUT2D eigenvalue weighted by molar-refractivity contribution is 6.42. The second-order valence-corrected chi connectivity index (χ2v) is 9.27. The second kappa shape index (κ2) is 10.2. The zero-order valence-corrected chi connectivity index (χ0v) is 20.4. The molecule has 33 heavy (non-hydrogen) atoms. The van der Waals surface area contributed by atoms with Gasteiger partial charge in [0, 0.05) is 42.2 Å². The molecule has 1 aliphatic heterocycles. The maximum atomic E-state index is 13.3. The Morgan fingerprint density at radius 1 is 1.03 bits per heavy atom. The lowest BCUT2D eigenvalue weighted by Gasteiger charge is -2.26. The van der Waals surface area contributed by atoms with Crippen LogP contribution in [0.3, 0.4) is 0 Å². The van der Waals surface area contributed by atoms with Crippen LogP contribution in [-0.4, -0.2) is 42.1 Å². The van der Waals surface area contributed by atoms with Crippen LogP contribution in [0, 0.1) is 5.92 Å². The highest BCUT2D eigenvalue weighted by atomic mass is 35.5. The molecule has 3 atom stereocenters. The smallest absolute Gasteiger partial charge is 0.255 e. The van der Waals surface area contributed by atoms with E-state index in [0.29, 0.717) is 39.6 Å². The van der Waals surface area contributed by atoms with Crippen molar-refractivity contribution in [2.75, 3.05) is 20.2 Å². The van der Waals surface area contributed by atoms with Crippen molar-refractivity contribution >= 4 is 40.7 Å². The molecule has 0 aliphatic carbocycles. The van der Waals surface area contributed by atoms with Gasteiger partial charge in [-0.3, -0.25) is 4.79 Å². The van der Waals surface area contributed by atoms with E-state index in [1.807, 2.05) is 36.1 Å². The van der Waals surface area contributed by atoms with Crippen LogP contribution in [0.25, 0.3) is 0 Å². The summed E-state index contributed by atoms with van der Waals surface area (Å²) in [5.41, 5.74) is 1.53. The van der Waals surface area contributed by atoms with Gasteiger partial charge in [-0.05, 0) is 55.0 Å². The van der Waals surface area contributed by atoms with Crippen molar-refractivity contribution in [2.45, 2.75) is 18.9 Å². The molecule has 2 heterocycles. The summed E-state index contributed by atoms with van der Waals surface area (Å²) in [6.07, 6.45) is 1.37. The lowest BCUT2D eigenvalue weighted by Crippen LogP contribution is -2.32. The minimum absolute atomic E-state index is 0.0252. The lowest BCUT2D eigenvalue weighted by atomic mass is 9.85. The Bertz CT molecular complexity index is 1120. The monoisotopic (exact) mass is 504 g/mol. The van der Waals surface area contributed by atoms with Crippen LogP contribution in [0.2, 0.25) is 15.1 Å². The molecule has 0 bridgehead atoms. The van der Waals surface area contributed by atoms with Crippen molar-refractivity contribution in [1.29, 1.82) is 0 Å². The number of methoxy groups -OCH3 is 1. The number of aromatic nitrogens is 1. The highest BCUT2D eigenvalue weighted by Crippen LogP contribution is 2.39. The molecule has 0 saturated carbocycles. The zero-order chi connectivity index (χ0) is 23.5. The Hall–Kier alpha value is -2.47. The fourth-order valence-electron chi connectivity index (χ4n) is 4.19. The van der Waals surface area contributed by atoms with Crippen molar-refractivity contribution in [3.63, 3.8) is 0 Å². The molecule has 2 aromatic carbocycles. The summed E-state index contributed by atoms with van der Waals surface area (Å²) >= 11 is 18.5. The van der Waals surface area contributed by atoms with Gasteiger partial charge in [0.25, 0.3) is 5.91 Å². The summed E-state index contributed by atoms with van der Waals surface area (Å²) in [6, 6.07) is 16.3. The van der Waals surface area contributed by atoms with E-state index in [2.05, 4.69) is 4.98 Å². The molecule has 0 N–H and O–H groups in total. The molecule has 1 aromatic heterocycles. The number of benzene rings is 2. The normalized spacial score (nSPS) is 18.8. The van der Waals surface area contributed by atoms with Gasteiger partial charge in [-0.25, -0.2) is 4.98 Å². The molecule has 172 valence electrons. The number of likely N-dealkylation sites (tertiary alicyclic amines) is 1. The maximum Gasteiger partial charge on any atom is 0.255 e. The Balaban J connectivity index is 1.60. The van der Waals surface area contributed by atoms with Crippen molar-refractivity contribution in [1.82, 2.24) is 9.88 Å². The first kappa shape index (κ1) is 23.7. The van der Waals surface area contributed by atoms with E-state index < -0.39 is 0 Å². The van der Waals surface area contributed by atoms with E-state index in [1.165, 1.54) is 6.20 Å². The third-order valence-corrected chi connectivity index (χ3v) is 6.95. The number of ether oxygens (including phenoxy) is 2. The van der Waals surface area contributed by atoms with Gasteiger partial charge in [-0.2, -0.15) is 0 Å². The van der Waals surface area contributed by atoms with E-state index in [0.717, 1.165) is 11.3 Å². The number of rotatable bonds is 6. The van der Waals surface area contributed by atoms with Gasteiger partial charge in [0.15, 0.2) is 0 Å². The molecule has 3 aromatic rings. The molecule has 0 spiro atoms. The predicted molar refractivity (Wildman–Crippen MR) is 131 cm³/mol. The fraction of sp³-hybridized carbons (Fsp3) is 0.280. The maximum absolute atomic E-state index is 13.3. The Labute approximate surface area is 208 Å². The minimum Gasteiger partial charge on any atom is -0.490 e. The molecule has 1 amide bonds. The van der Waals surface area contributed by atoms with Crippen LogP contribution in [0.1, 0.15) is 28.8 Å². The molecule has 1 unspecified atom stereocenters. The van der Waals surface area contributed by atoms with E-state index in [9.17, 15) is 4.79 Å². The second-order valence-electron chi connectivity index (χ2n) is 8.02. The molecule has 1 aliphatic rings. The topological polar surface area (TPSA) is 51.7 Å². The average molecular weight is 506 g/mol. The van der Waals surface area contributed by atoms with Gasteiger partial charge in [0.05, 0.1) is 22.7 Å². The van der Waals surface area contributed by atoms with Gasteiger partial charge >= 0.3 is 0 Å². The third-order valence-electron chi connectivity index (χ3n) is 5.96. The quantitative estimate of drug-likeness (QED) is 0.390. The Morgan fingerprint density at radius 2 is 1.79 bits per heavy atom. The molecule has 8 heteroatoms. The van der Waals surface area contributed by atoms with Crippen molar-refractivity contribution in [3.8, 4) is 11.6 Å². The molecule has 0 radical (unpaired) electrons. The van der Waals surface area contributed by atoms with Gasteiger partial charge < -0.3 is 14.4 Å². The molecular weight excluding hydrogens is 483 g/mol. The summed E-state index contributed by atoms with van der Waals surface area (Å²) < 4.78 is 11.3. The number of pyridine rings is 1. The number of carbonyl (C=O) groups excluding carboxylic acids is 1. The molecule has 1 fully saturated rings. The van der Waals surface area contributed by atoms with E-state index >= 15 is 0 Å². The number of carbonyl (C=O) groups is 1. The Morgan fingerprint density at radius 3 is 2.42 bits per heavy atom. The number of halogens is 3. The molecule has 1 saturated heterocycles. The number of amides is 1. The van der Waals surface area contributed by atoms with Gasteiger partial charge in [-0.15, -0.1) is 0 Å². The van der Waals surface area contributed by atoms with Crippen LogP contribution < -0.4 is 9.47 Å². The Kier molecular flexibility index (Phi) is 7.32. The zero-order valence-electron chi connectivity index (χ0n) is 18.2. The minimum atomic E-state index is -0.169. The largest absolute Gasteiger partial charge is 0.490 e. The highest BCUT2D eigenvalue weighted by Gasteiger charge is 2.40. The van der Waals surface area contributed by atoms with Crippen molar-refractivity contribution < 1.29 is 14.3 Å². The van der Waals surface area contributed by atoms with Crippen LogP contribution in [0.5, 0.6) is 11.6 Å². The van der Waals surface area contributed by atoms with Gasteiger partial charge in [-0.1, -0.05) is 40.9 Å². The van der Waals surface area contributed by atoms with Gasteiger partial charge in [0.1, 0.15) is 11.9 Å². The van der Waals surface area contributed by atoms with Crippen molar-refractivity contribution in [3.05, 3.63) is 87.0 Å². The van der Waals surface area contributed by atoms with Crippen LogP contribution in [0.15, 0.2) is 60.8 Å². The predicted octanol–water partition coefficient (Wildman–Crippen LogP) is 6.37. The number of hydrogen-bond acceptors (Lipinski definition) is 4. The van der Waals surface area contributed by atoms with Gasteiger partial charge in [0.2, 0.25) is 5.88 Å². The standard InChI is InChI=1S/C25H23Cl3N2O3/c1-15(33-19-7-5-18(26)6-8-19)20-13-30(25(31)17-4-10-24(32-2)29-12-17)14-21(20)16-3-9-22(27)23(28)11-16/h3-12,15,20-21H,13-14H2,1-2H3/t15-,20?,21+/m1/s1. The summed E-state index contributed by atoms with van der Waals surface area (Å²) in [4.78, 5) is 19.3. The number of nitrogens with zero attached hydrogens (tertiary/aromatic N) is 2. The van der Waals surface area contributed by atoms with Crippen LogP contribution in [0.4, 0.5) is 0 Å². The fourth-order valence-corrected chi connectivity index (χ4v) is 4.62. The summed E-state index contributed by atoms with van der Waals surface area (Å²) in [7, 11) is 1.54. The first-order chi connectivity index (χ1) is 15.9. The lowest BCUT2D eigenvalue weighted by molar-refractivity contribution is 0.0770.